The third kappa shape index (κ3) is 1.71. The summed E-state index contributed by atoms with van der Waals surface area (Å²) in [5.41, 5.74) is 7.72. The van der Waals surface area contributed by atoms with E-state index in [0.717, 1.165) is 5.56 Å². The van der Waals surface area contributed by atoms with Crippen LogP contribution in [-0.2, 0) is 7.05 Å². The van der Waals surface area contributed by atoms with Gasteiger partial charge >= 0.3 is 5.76 Å². The molecule has 0 aliphatic carbocycles. The summed E-state index contributed by atoms with van der Waals surface area (Å²) in [6, 6.07) is 5.24. The summed E-state index contributed by atoms with van der Waals surface area (Å²) < 4.78 is 6.45. The van der Waals surface area contributed by atoms with Crippen LogP contribution in [0.5, 0.6) is 0 Å². The molecule has 0 fully saturated rings. The Hall–Kier alpha value is -2.83. The number of amides is 1. The zero-order valence-corrected chi connectivity index (χ0v) is 10.0. The molecule has 0 atom stereocenters. The molecular weight excluding hydrogens is 248 g/mol. The average molecular weight is 258 g/mol. The number of hydrogen-bond donors (Lipinski definition) is 2. The number of primary amides is 1. The minimum Gasteiger partial charge on any atom is -0.408 e. The van der Waals surface area contributed by atoms with Crippen LogP contribution >= 0.6 is 0 Å². The Morgan fingerprint density at radius 1 is 1.47 bits per heavy atom. The monoisotopic (exact) mass is 258 g/mol. The predicted octanol–water partition coefficient (Wildman–Crippen LogP) is 0.620. The van der Waals surface area contributed by atoms with Crippen molar-refractivity contribution in [1.29, 1.82) is 0 Å². The van der Waals surface area contributed by atoms with E-state index < -0.39 is 11.7 Å². The lowest BCUT2D eigenvalue weighted by molar-refractivity contribution is 0.0991. The molecule has 0 saturated heterocycles. The number of oxazole rings is 1. The van der Waals surface area contributed by atoms with Gasteiger partial charge in [-0.2, -0.15) is 0 Å². The van der Waals surface area contributed by atoms with E-state index in [4.69, 9.17) is 10.2 Å². The largest absolute Gasteiger partial charge is 0.419 e. The summed E-state index contributed by atoms with van der Waals surface area (Å²) >= 11 is 0. The van der Waals surface area contributed by atoms with Crippen LogP contribution in [0, 0.1) is 0 Å². The lowest BCUT2D eigenvalue weighted by Gasteiger charge is -1.98. The number of aromatic nitrogens is 3. The van der Waals surface area contributed by atoms with Crippen molar-refractivity contribution in [3.8, 4) is 11.3 Å². The molecular formula is C12H10N4O3. The van der Waals surface area contributed by atoms with Crippen molar-refractivity contribution in [3.05, 3.63) is 40.8 Å². The number of carbonyl (C=O) groups is 1. The van der Waals surface area contributed by atoms with Gasteiger partial charge in [0.15, 0.2) is 11.4 Å². The summed E-state index contributed by atoms with van der Waals surface area (Å²) in [4.78, 5) is 29.1. The summed E-state index contributed by atoms with van der Waals surface area (Å²) in [7, 11) is 1.62. The number of carbonyl (C=O) groups excluding carboxylic acids is 1. The van der Waals surface area contributed by atoms with Gasteiger partial charge in [0.05, 0.1) is 17.4 Å². The maximum atomic E-state index is 11.4. The van der Waals surface area contributed by atoms with Crippen molar-refractivity contribution < 1.29 is 9.21 Å². The van der Waals surface area contributed by atoms with Gasteiger partial charge in [0.25, 0.3) is 5.91 Å². The SMILES string of the molecule is Cn1c(=O)oc2ccc(-c3cnc(C(N)=O)[nH]3)cc21. The van der Waals surface area contributed by atoms with Gasteiger partial charge in [-0.05, 0) is 18.2 Å². The highest BCUT2D eigenvalue weighted by molar-refractivity contribution is 5.90. The molecule has 1 amide bonds. The fourth-order valence-electron chi connectivity index (χ4n) is 1.89. The Morgan fingerprint density at radius 3 is 2.95 bits per heavy atom. The predicted molar refractivity (Wildman–Crippen MR) is 67.6 cm³/mol. The summed E-state index contributed by atoms with van der Waals surface area (Å²) in [5.74, 6) is -0.950. The van der Waals surface area contributed by atoms with E-state index in [1.54, 1.807) is 25.2 Å². The Morgan fingerprint density at radius 2 is 2.26 bits per heavy atom. The first kappa shape index (κ1) is 11.3. The van der Waals surface area contributed by atoms with Gasteiger partial charge in [0, 0.05) is 12.6 Å². The van der Waals surface area contributed by atoms with Gasteiger partial charge in [0.2, 0.25) is 0 Å². The molecule has 3 N–H and O–H groups in total. The van der Waals surface area contributed by atoms with Gasteiger partial charge in [-0.1, -0.05) is 0 Å². The fraction of sp³-hybridized carbons (Fsp3) is 0.0833. The number of nitrogens with one attached hydrogen (secondary N) is 1. The normalized spacial score (nSPS) is 11.0. The second-order valence-electron chi connectivity index (χ2n) is 4.12. The Bertz CT molecular complexity index is 840. The number of benzene rings is 1. The molecule has 96 valence electrons. The van der Waals surface area contributed by atoms with Crippen LogP contribution in [0.4, 0.5) is 0 Å². The van der Waals surface area contributed by atoms with Gasteiger partial charge in [0.1, 0.15) is 0 Å². The first-order valence-corrected chi connectivity index (χ1v) is 5.51. The molecule has 0 saturated carbocycles. The molecule has 7 nitrogen and oxygen atoms in total. The molecule has 0 spiro atoms. The van der Waals surface area contributed by atoms with Crippen LogP contribution in [0.2, 0.25) is 0 Å². The average Bonchev–Trinajstić information content (AvgIpc) is 2.96. The van der Waals surface area contributed by atoms with Crippen molar-refractivity contribution >= 4 is 17.0 Å². The van der Waals surface area contributed by atoms with E-state index in [1.165, 1.54) is 10.8 Å². The van der Waals surface area contributed by atoms with Crippen LogP contribution in [0.25, 0.3) is 22.4 Å². The van der Waals surface area contributed by atoms with Gasteiger partial charge in [-0.3, -0.25) is 9.36 Å². The number of nitrogens with two attached hydrogens (primary N) is 1. The van der Waals surface area contributed by atoms with E-state index in [-0.39, 0.29) is 5.82 Å². The molecule has 2 heterocycles. The van der Waals surface area contributed by atoms with Gasteiger partial charge in [-0.25, -0.2) is 9.78 Å². The number of rotatable bonds is 2. The van der Waals surface area contributed by atoms with E-state index in [2.05, 4.69) is 9.97 Å². The fourth-order valence-corrected chi connectivity index (χ4v) is 1.89. The van der Waals surface area contributed by atoms with Crippen molar-refractivity contribution in [2.24, 2.45) is 12.8 Å². The highest BCUT2D eigenvalue weighted by atomic mass is 16.4. The number of nitrogens with zero attached hydrogens (tertiary/aromatic N) is 2. The second kappa shape index (κ2) is 3.84. The Balaban J connectivity index is 2.16. The number of imidazole rings is 1. The summed E-state index contributed by atoms with van der Waals surface area (Å²) in [6.07, 6.45) is 1.51. The van der Waals surface area contributed by atoms with Crippen LogP contribution in [0.15, 0.2) is 33.6 Å². The summed E-state index contributed by atoms with van der Waals surface area (Å²) in [5, 5.41) is 0. The van der Waals surface area contributed by atoms with Crippen LogP contribution in [-0.4, -0.2) is 20.4 Å². The molecule has 3 rings (SSSR count). The molecule has 0 aliphatic rings. The maximum Gasteiger partial charge on any atom is 0.419 e. The standard InChI is InChI=1S/C12H10N4O3/c1-16-8-4-6(2-3-9(8)19-12(16)18)7-5-14-11(15-7)10(13)17/h2-5H,1H3,(H2,13,17)(H,14,15). The summed E-state index contributed by atoms with van der Waals surface area (Å²) in [6.45, 7) is 0. The van der Waals surface area contributed by atoms with E-state index in [0.29, 0.717) is 16.8 Å². The smallest absolute Gasteiger partial charge is 0.408 e. The maximum absolute atomic E-state index is 11.4. The molecule has 19 heavy (non-hydrogen) atoms. The molecule has 7 heteroatoms. The molecule has 0 unspecified atom stereocenters. The molecule has 0 aliphatic heterocycles. The quantitative estimate of drug-likeness (QED) is 0.702. The van der Waals surface area contributed by atoms with E-state index in [9.17, 15) is 9.59 Å². The minimum absolute atomic E-state index is 0.0937. The lowest BCUT2D eigenvalue weighted by Crippen LogP contribution is -2.12. The molecule has 3 aromatic rings. The number of aryl methyl sites for hydroxylation is 1. The Labute approximate surface area is 106 Å². The minimum atomic E-state index is -0.622. The molecule has 1 aromatic carbocycles. The highest BCUT2D eigenvalue weighted by Crippen LogP contribution is 2.22. The van der Waals surface area contributed by atoms with E-state index in [1.807, 2.05) is 0 Å². The number of aromatic amines is 1. The first-order valence-electron chi connectivity index (χ1n) is 5.51. The third-order valence-corrected chi connectivity index (χ3v) is 2.91. The van der Waals surface area contributed by atoms with Crippen molar-refractivity contribution in [2.75, 3.05) is 0 Å². The molecule has 2 aromatic heterocycles. The van der Waals surface area contributed by atoms with Crippen LogP contribution in [0.1, 0.15) is 10.6 Å². The highest BCUT2D eigenvalue weighted by Gasteiger charge is 2.10. The zero-order valence-electron chi connectivity index (χ0n) is 10.0. The lowest BCUT2D eigenvalue weighted by atomic mass is 10.1. The van der Waals surface area contributed by atoms with Crippen molar-refractivity contribution in [2.45, 2.75) is 0 Å². The first-order chi connectivity index (χ1) is 9.06. The van der Waals surface area contributed by atoms with Gasteiger partial charge in [-0.15, -0.1) is 0 Å². The number of hydrogen-bond acceptors (Lipinski definition) is 4. The number of H-pyrrole nitrogens is 1. The number of fused-ring (bicyclic) bond motifs is 1. The van der Waals surface area contributed by atoms with Crippen LogP contribution in [0.3, 0.4) is 0 Å². The molecule has 0 radical (unpaired) electrons. The second-order valence-corrected chi connectivity index (χ2v) is 4.12. The van der Waals surface area contributed by atoms with Crippen LogP contribution < -0.4 is 11.5 Å². The van der Waals surface area contributed by atoms with Crippen molar-refractivity contribution in [1.82, 2.24) is 14.5 Å². The topological polar surface area (TPSA) is 107 Å². The Kier molecular flexibility index (Phi) is 2.28. The van der Waals surface area contributed by atoms with E-state index >= 15 is 0 Å². The van der Waals surface area contributed by atoms with Crippen molar-refractivity contribution in [3.63, 3.8) is 0 Å². The molecule has 0 bridgehead atoms. The zero-order chi connectivity index (χ0) is 13.6. The third-order valence-electron chi connectivity index (χ3n) is 2.91. The van der Waals surface area contributed by atoms with Gasteiger partial charge < -0.3 is 15.1 Å².